The third kappa shape index (κ3) is 3.31. The summed E-state index contributed by atoms with van der Waals surface area (Å²) in [5, 5.41) is 12.7. The zero-order valence-corrected chi connectivity index (χ0v) is 12.4. The lowest BCUT2D eigenvalue weighted by molar-refractivity contribution is 0.0602. The first kappa shape index (κ1) is 14.9. The van der Waals surface area contributed by atoms with Gasteiger partial charge in [-0.1, -0.05) is 0 Å². The van der Waals surface area contributed by atoms with Gasteiger partial charge < -0.3 is 15.3 Å². The summed E-state index contributed by atoms with van der Waals surface area (Å²) in [5.74, 6) is 0.334. The summed E-state index contributed by atoms with van der Waals surface area (Å²) < 4.78 is 0. The Morgan fingerprint density at radius 1 is 1.45 bits per heavy atom. The molecule has 1 aromatic carbocycles. The number of phenols is 1. The summed E-state index contributed by atoms with van der Waals surface area (Å²) in [4.78, 5) is 14.7. The lowest BCUT2D eigenvalue weighted by Crippen LogP contribution is -2.44. The van der Waals surface area contributed by atoms with Crippen LogP contribution in [0.2, 0.25) is 0 Å². The number of carbonyl (C=O) groups is 1. The average molecular weight is 276 g/mol. The van der Waals surface area contributed by atoms with Crippen molar-refractivity contribution >= 4 is 5.91 Å². The number of likely N-dealkylation sites (tertiary alicyclic amines) is 1. The molecule has 1 aromatic rings. The van der Waals surface area contributed by atoms with Crippen LogP contribution < -0.4 is 5.32 Å². The predicted molar refractivity (Wildman–Crippen MR) is 80.1 cm³/mol. The van der Waals surface area contributed by atoms with E-state index in [1.165, 1.54) is 6.42 Å². The van der Waals surface area contributed by atoms with E-state index in [0.29, 0.717) is 11.6 Å². The molecule has 1 saturated heterocycles. The number of aromatic hydroxyl groups is 1. The van der Waals surface area contributed by atoms with Gasteiger partial charge in [-0.2, -0.15) is 0 Å². The van der Waals surface area contributed by atoms with Crippen molar-refractivity contribution in [1.29, 1.82) is 0 Å². The monoisotopic (exact) mass is 276 g/mol. The molecule has 0 saturated carbocycles. The van der Waals surface area contributed by atoms with E-state index in [9.17, 15) is 9.90 Å². The van der Waals surface area contributed by atoms with Crippen LogP contribution in [-0.2, 0) is 0 Å². The fraction of sp³-hybridized carbons (Fsp3) is 0.562. The third-order valence-corrected chi connectivity index (χ3v) is 4.06. The zero-order valence-electron chi connectivity index (χ0n) is 12.4. The van der Waals surface area contributed by atoms with E-state index in [-0.39, 0.29) is 11.7 Å². The summed E-state index contributed by atoms with van der Waals surface area (Å²) in [7, 11) is 1.94. The molecule has 1 aliphatic rings. The first-order valence-corrected chi connectivity index (χ1v) is 7.38. The van der Waals surface area contributed by atoms with E-state index in [2.05, 4.69) is 5.32 Å². The number of rotatable bonds is 4. The van der Waals surface area contributed by atoms with Gasteiger partial charge in [-0.3, -0.25) is 4.79 Å². The molecule has 2 N–H and O–H groups in total. The van der Waals surface area contributed by atoms with Crippen molar-refractivity contribution in [2.24, 2.45) is 0 Å². The highest BCUT2D eigenvalue weighted by molar-refractivity contribution is 5.94. The van der Waals surface area contributed by atoms with Crippen LogP contribution in [0.5, 0.6) is 5.75 Å². The average Bonchev–Trinajstić information content (AvgIpc) is 2.47. The Balaban J connectivity index is 2.14. The van der Waals surface area contributed by atoms with Crippen molar-refractivity contribution in [2.45, 2.75) is 38.6 Å². The summed E-state index contributed by atoms with van der Waals surface area (Å²) in [5.41, 5.74) is 1.43. The number of hydrogen-bond donors (Lipinski definition) is 2. The van der Waals surface area contributed by atoms with Gasteiger partial charge in [-0.25, -0.2) is 0 Å². The summed E-state index contributed by atoms with van der Waals surface area (Å²) >= 11 is 0. The first-order valence-electron chi connectivity index (χ1n) is 7.38. The van der Waals surface area contributed by atoms with Crippen LogP contribution in [0.4, 0.5) is 0 Å². The maximum absolute atomic E-state index is 12.7. The second-order valence-electron chi connectivity index (χ2n) is 5.54. The molecular weight excluding hydrogens is 252 g/mol. The molecule has 1 aliphatic heterocycles. The molecule has 4 heteroatoms. The summed E-state index contributed by atoms with van der Waals surface area (Å²) in [6.07, 6.45) is 4.37. The molecular formula is C16H24N2O2. The van der Waals surface area contributed by atoms with E-state index in [1.807, 2.05) is 18.9 Å². The van der Waals surface area contributed by atoms with Crippen LogP contribution in [0.25, 0.3) is 0 Å². The van der Waals surface area contributed by atoms with E-state index in [0.717, 1.165) is 37.9 Å². The van der Waals surface area contributed by atoms with Crippen molar-refractivity contribution in [3.05, 3.63) is 29.3 Å². The van der Waals surface area contributed by atoms with Crippen molar-refractivity contribution < 1.29 is 9.90 Å². The van der Waals surface area contributed by atoms with Crippen molar-refractivity contribution in [3.63, 3.8) is 0 Å². The van der Waals surface area contributed by atoms with Gasteiger partial charge in [0.25, 0.3) is 5.91 Å². The number of phenolic OH excluding ortho intramolecular Hbond substituents is 1. The Kier molecular flexibility index (Phi) is 5.01. The zero-order chi connectivity index (χ0) is 14.5. The van der Waals surface area contributed by atoms with E-state index in [1.54, 1.807) is 18.2 Å². The second kappa shape index (κ2) is 6.75. The number of nitrogens with zero attached hydrogens (tertiary/aromatic N) is 1. The third-order valence-electron chi connectivity index (χ3n) is 4.06. The minimum Gasteiger partial charge on any atom is -0.508 e. The van der Waals surface area contributed by atoms with Crippen LogP contribution in [0.15, 0.2) is 18.2 Å². The summed E-state index contributed by atoms with van der Waals surface area (Å²) in [6.45, 7) is 3.59. The number of carbonyl (C=O) groups excluding carboxylic acids is 1. The molecule has 110 valence electrons. The standard InChI is InChI=1S/C16H24N2O2/c1-12-11-13(6-7-15(12)19)16(20)18-10-4-3-5-14(18)8-9-17-2/h6-7,11,14,17,19H,3-5,8-10H2,1-2H3. The number of amides is 1. The largest absolute Gasteiger partial charge is 0.508 e. The smallest absolute Gasteiger partial charge is 0.254 e. The van der Waals surface area contributed by atoms with Gasteiger partial charge in [0.15, 0.2) is 0 Å². The van der Waals surface area contributed by atoms with Gasteiger partial charge in [0.05, 0.1) is 0 Å². The van der Waals surface area contributed by atoms with Gasteiger partial charge >= 0.3 is 0 Å². The number of piperidine rings is 1. The molecule has 1 amide bonds. The Hall–Kier alpha value is -1.55. The van der Waals surface area contributed by atoms with Gasteiger partial charge in [-0.15, -0.1) is 0 Å². The van der Waals surface area contributed by atoms with Crippen LogP contribution in [0, 0.1) is 6.92 Å². The number of aryl methyl sites for hydroxylation is 1. The summed E-state index contributed by atoms with van der Waals surface area (Å²) in [6, 6.07) is 5.43. The number of hydrogen-bond acceptors (Lipinski definition) is 3. The van der Waals surface area contributed by atoms with Gasteiger partial charge in [-0.05, 0) is 70.0 Å². The maximum atomic E-state index is 12.7. The molecule has 1 unspecified atom stereocenters. The molecule has 1 fully saturated rings. The van der Waals surface area contributed by atoms with Gasteiger partial charge in [0, 0.05) is 18.2 Å². The molecule has 0 bridgehead atoms. The second-order valence-corrected chi connectivity index (χ2v) is 5.54. The Morgan fingerprint density at radius 2 is 2.25 bits per heavy atom. The molecule has 2 rings (SSSR count). The molecule has 20 heavy (non-hydrogen) atoms. The number of nitrogens with one attached hydrogen (secondary N) is 1. The van der Waals surface area contributed by atoms with Crippen LogP contribution >= 0.6 is 0 Å². The molecule has 0 aromatic heterocycles. The Morgan fingerprint density at radius 3 is 2.95 bits per heavy atom. The normalized spacial score (nSPS) is 19.1. The minimum atomic E-state index is 0.0916. The number of benzene rings is 1. The molecule has 0 radical (unpaired) electrons. The van der Waals surface area contributed by atoms with Crippen LogP contribution in [0.3, 0.4) is 0 Å². The Labute approximate surface area is 120 Å². The molecule has 0 spiro atoms. The van der Waals surface area contributed by atoms with Crippen LogP contribution in [-0.4, -0.2) is 42.1 Å². The fourth-order valence-corrected chi connectivity index (χ4v) is 2.83. The molecule has 4 nitrogen and oxygen atoms in total. The highest BCUT2D eigenvalue weighted by atomic mass is 16.3. The maximum Gasteiger partial charge on any atom is 0.254 e. The van der Waals surface area contributed by atoms with Crippen molar-refractivity contribution in [2.75, 3.05) is 20.1 Å². The van der Waals surface area contributed by atoms with Gasteiger partial charge in [0.2, 0.25) is 0 Å². The molecule has 0 aliphatic carbocycles. The highest BCUT2D eigenvalue weighted by Gasteiger charge is 2.27. The fourth-order valence-electron chi connectivity index (χ4n) is 2.83. The minimum absolute atomic E-state index is 0.0916. The lowest BCUT2D eigenvalue weighted by atomic mass is 9.97. The topological polar surface area (TPSA) is 52.6 Å². The van der Waals surface area contributed by atoms with E-state index < -0.39 is 0 Å². The SMILES string of the molecule is CNCCC1CCCCN1C(=O)c1ccc(O)c(C)c1. The van der Waals surface area contributed by atoms with Crippen LogP contribution in [0.1, 0.15) is 41.6 Å². The molecule has 1 atom stereocenters. The van der Waals surface area contributed by atoms with Crippen molar-refractivity contribution in [1.82, 2.24) is 10.2 Å². The molecule has 1 heterocycles. The highest BCUT2D eigenvalue weighted by Crippen LogP contribution is 2.24. The first-order chi connectivity index (χ1) is 9.63. The van der Waals surface area contributed by atoms with E-state index in [4.69, 9.17) is 0 Å². The quantitative estimate of drug-likeness (QED) is 0.887. The predicted octanol–water partition coefficient (Wildman–Crippen LogP) is 2.30. The Bertz CT molecular complexity index is 474. The van der Waals surface area contributed by atoms with Crippen molar-refractivity contribution in [3.8, 4) is 5.75 Å². The van der Waals surface area contributed by atoms with Gasteiger partial charge in [0.1, 0.15) is 5.75 Å². The lowest BCUT2D eigenvalue weighted by Gasteiger charge is -2.36. The van der Waals surface area contributed by atoms with E-state index >= 15 is 0 Å².